The molecule has 1 aromatic heterocycles. The van der Waals surface area contributed by atoms with Crippen molar-refractivity contribution in [3.8, 4) is 21.6 Å². The first-order chi connectivity index (χ1) is 13.4. The minimum absolute atomic E-state index is 0.249. The molecule has 0 atom stereocenters. The summed E-state index contributed by atoms with van der Waals surface area (Å²) < 4.78 is 40.3. The normalized spacial score (nSPS) is 11.5. The third-order valence-electron chi connectivity index (χ3n) is 4.54. The van der Waals surface area contributed by atoms with Gasteiger partial charge in [-0.05, 0) is 65.9 Å². The predicted octanol–water partition coefficient (Wildman–Crippen LogP) is 6.36. The van der Waals surface area contributed by atoms with Crippen LogP contribution in [0.3, 0.4) is 0 Å². The van der Waals surface area contributed by atoms with Crippen molar-refractivity contribution in [3.63, 3.8) is 0 Å². The van der Waals surface area contributed by atoms with Gasteiger partial charge in [0.1, 0.15) is 5.82 Å². The first kappa shape index (κ1) is 18.6. The molecule has 4 aromatic rings. The molecular formula is C23H17FO2S2. The van der Waals surface area contributed by atoms with Crippen molar-refractivity contribution in [1.29, 1.82) is 0 Å². The maximum Gasteiger partial charge on any atom is 0.207 e. The smallest absolute Gasteiger partial charge is 0.207 e. The summed E-state index contributed by atoms with van der Waals surface area (Å²) in [6.45, 7) is 1.92. The number of thiophene rings is 1. The SMILES string of the molecule is Cc1ccc(S(=O)(=O)c2ccc(-c3cccc(F)c3)cc2-c2cccs2)cc1. The molecule has 2 nitrogen and oxygen atoms in total. The van der Waals surface area contributed by atoms with Gasteiger partial charge in [0, 0.05) is 10.4 Å². The molecule has 0 amide bonds. The first-order valence-corrected chi connectivity index (χ1v) is 11.1. The lowest BCUT2D eigenvalue weighted by atomic mass is 10.0. The number of benzene rings is 3. The van der Waals surface area contributed by atoms with Gasteiger partial charge >= 0.3 is 0 Å². The van der Waals surface area contributed by atoms with Crippen molar-refractivity contribution >= 4 is 21.2 Å². The second kappa shape index (κ2) is 7.34. The highest BCUT2D eigenvalue weighted by molar-refractivity contribution is 7.91. The summed E-state index contributed by atoms with van der Waals surface area (Å²) in [5.74, 6) is -0.327. The molecule has 1 heterocycles. The summed E-state index contributed by atoms with van der Waals surface area (Å²) in [4.78, 5) is 1.36. The van der Waals surface area contributed by atoms with E-state index < -0.39 is 9.84 Å². The largest absolute Gasteiger partial charge is 0.218 e. The number of hydrogen-bond acceptors (Lipinski definition) is 3. The highest BCUT2D eigenvalue weighted by Gasteiger charge is 2.23. The van der Waals surface area contributed by atoms with E-state index in [1.165, 1.54) is 23.5 Å². The third-order valence-corrected chi connectivity index (χ3v) is 7.28. The van der Waals surface area contributed by atoms with Crippen molar-refractivity contribution in [2.24, 2.45) is 0 Å². The van der Waals surface area contributed by atoms with Gasteiger partial charge in [-0.2, -0.15) is 0 Å². The molecule has 3 aromatic carbocycles. The van der Waals surface area contributed by atoms with Gasteiger partial charge < -0.3 is 0 Å². The molecule has 0 fully saturated rings. The van der Waals surface area contributed by atoms with E-state index in [4.69, 9.17) is 0 Å². The molecule has 0 bridgehead atoms. The van der Waals surface area contributed by atoms with Crippen molar-refractivity contribution in [1.82, 2.24) is 0 Å². The highest BCUT2D eigenvalue weighted by atomic mass is 32.2. The van der Waals surface area contributed by atoms with Crippen LogP contribution in [0.25, 0.3) is 21.6 Å². The molecule has 0 N–H and O–H groups in total. The number of halogens is 1. The molecule has 28 heavy (non-hydrogen) atoms. The van der Waals surface area contributed by atoms with Crippen molar-refractivity contribution < 1.29 is 12.8 Å². The molecular weight excluding hydrogens is 391 g/mol. The molecule has 0 aliphatic carbocycles. The maximum atomic E-state index is 13.7. The fourth-order valence-electron chi connectivity index (χ4n) is 3.08. The lowest BCUT2D eigenvalue weighted by molar-refractivity contribution is 0.596. The standard InChI is InChI=1S/C23H17FO2S2/c1-16-7-10-20(11-8-16)28(25,26)23-12-9-18(17-4-2-5-19(24)14-17)15-21(23)22-6-3-13-27-22/h2-15H,1H3. The van der Waals surface area contributed by atoms with Gasteiger partial charge in [-0.3, -0.25) is 0 Å². The minimum Gasteiger partial charge on any atom is -0.218 e. The molecule has 0 saturated heterocycles. The van der Waals surface area contributed by atoms with Crippen molar-refractivity contribution in [2.75, 3.05) is 0 Å². The fraction of sp³-hybridized carbons (Fsp3) is 0.0435. The average Bonchev–Trinajstić information content (AvgIpc) is 3.22. The van der Waals surface area contributed by atoms with Crippen LogP contribution in [0.4, 0.5) is 4.39 Å². The number of sulfone groups is 1. The van der Waals surface area contributed by atoms with E-state index in [2.05, 4.69) is 0 Å². The molecule has 0 spiro atoms. The molecule has 5 heteroatoms. The Bertz CT molecular complexity index is 1230. The van der Waals surface area contributed by atoms with Crippen LogP contribution in [0.5, 0.6) is 0 Å². The van der Waals surface area contributed by atoms with Crippen LogP contribution in [0.15, 0.2) is 94.0 Å². The van der Waals surface area contributed by atoms with E-state index in [-0.39, 0.29) is 15.6 Å². The van der Waals surface area contributed by atoms with Gasteiger partial charge in [-0.25, -0.2) is 12.8 Å². The van der Waals surface area contributed by atoms with Crippen molar-refractivity contribution in [2.45, 2.75) is 16.7 Å². The zero-order chi connectivity index (χ0) is 19.7. The van der Waals surface area contributed by atoms with E-state index in [0.29, 0.717) is 11.1 Å². The average molecular weight is 409 g/mol. The van der Waals surface area contributed by atoms with Crippen molar-refractivity contribution in [3.05, 3.63) is 95.6 Å². The summed E-state index contributed by atoms with van der Waals surface area (Å²) in [6.07, 6.45) is 0. The van der Waals surface area contributed by atoms with E-state index >= 15 is 0 Å². The Morgan fingerprint density at radius 1 is 0.821 bits per heavy atom. The Labute approximate surface area is 167 Å². The summed E-state index contributed by atoms with van der Waals surface area (Å²) in [5, 5.41) is 1.91. The molecule has 0 saturated carbocycles. The van der Waals surface area contributed by atoms with E-state index in [9.17, 15) is 12.8 Å². The zero-order valence-electron chi connectivity index (χ0n) is 15.1. The Morgan fingerprint density at radius 3 is 2.25 bits per heavy atom. The van der Waals surface area contributed by atoms with Crippen LogP contribution in [0, 0.1) is 12.7 Å². The van der Waals surface area contributed by atoms with Crippen LogP contribution in [-0.4, -0.2) is 8.42 Å². The van der Waals surface area contributed by atoms with Gasteiger partial charge in [0.2, 0.25) is 9.84 Å². The molecule has 140 valence electrons. The third kappa shape index (κ3) is 3.51. The maximum absolute atomic E-state index is 13.7. The van der Waals surface area contributed by atoms with E-state index in [1.54, 1.807) is 42.5 Å². The number of hydrogen-bond donors (Lipinski definition) is 0. The Morgan fingerprint density at radius 2 is 1.57 bits per heavy atom. The lowest BCUT2D eigenvalue weighted by Crippen LogP contribution is -2.04. The fourth-order valence-corrected chi connectivity index (χ4v) is 5.36. The molecule has 0 aliphatic rings. The van der Waals surface area contributed by atoms with Gasteiger partial charge in [0.15, 0.2) is 0 Å². The summed E-state index contributed by atoms with van der Waals surface area (Å²) in [7, 11) is -3.69. The van der Waals surface area contributed by atoms with Gasteiger partial charge in [-0.15, -0.1) is 11.3 Å². The van der Waals surface area contributed by atoms with Gasteiger partial charge in [-0.1, -0.05) is 42.0 Å². The second-order valence-electron chi connectivity index (χ2n) is 6.52. The van der Waals surface area contributed by atoms with Gasteiger partial charge in [0.25, 0.3) is 0 Å². The molecule has 0 radical (unpaired) electrons. The Balaban J connectivity index is 1.91. The van der Waals surface area contributed by atoms with Crippen LogP contribution in [-0.2, 0) is 9.84 Å². The second-order valence-corrected chi connectivity index (χ2v) is 9.38. The topological polar surface area (TPSA) is 34.1 Å². The summed E-state index contributed by atoms with van der Waals surface area (Å²) in [6, 6.07) is 22.1. The lowest BCUT2D eigenvalue weighted by Gasteiger charge is -2.12. The molecule has 0 aliphatic heterocycles. The Hall–Kier alpha value is -2.76. The first-order valence-electron chi connectivity index (χ1n) is 8.71. The van der Waals surface area contributed by atoms with Crippen LogP contribution >= 0.6 is 11.3 Å². The van der Waals surface area contributed by atoms with E-state index in [1.807, 2.05) is 36.6 Å². The minimum atomic E-state index is -3.69. The van der Waals surface area contributed by atoms with Crippen LogP contribution in [0.2, 0.25) is 0 Å². The van der Waals surface area contributed by atoms with E-state index in [0.717, 1.165) is 16.0 Å². The Kier molecular flexibility index (Phi) is 4.87. The summed E-state index contributed by atoms with van der Waals surface area (Å²) in [5.41, 5.74) is 3.10. The van der Waals surface area contributed by atoms with Crippen LogP contribution in [0.1, 0.15) is 5.56 Å². The molecule has 4 rings (SSSR count). The molecule has 0 unspecified atom stereocenters. The monoisotopic (exact) mass is 408 g/mol. The number of aryl methyl sites for hydroxylation is 1. The number of rotatable bonds is 4. The quantitative estimate of drug-likeness (QED) is 0.394. The zero-order valence-corrected chi connectivity index (χ0v) is 16.7. The van der Waals surface area contributed by atoms with Crippen LogP contribution < -0.4 is 0 Å². The summed E-state index contributed by atoms with van der Waals surface area (Å²) >= 11 is 1.47. The predicted molar refractivity (Wildman–Crippen MR) is 112 cm³/mol. The highest BCUT2D eigenvalue weighted by Crippen LogP contribution is 2.37. The van der Waals surface area contributed by atoms with Gasteiger partial charge in [0.05, 0.1) is 9.79 Å².